The van der Waals surface area contributed by atoms with Crippen molar-refractivity contribution in [3.8, 4) is 12.3 Å². The van der Waals surface area contributed by atoms with E-state index in [1.165, 1.54) is 4.90 Å². The molecule has 1 N–H and O–H groups in total. The van der Waals surface area contributed by atoms with Crippen LogP contribution in [0.2, 0.25) is 0 Å². The minimum atomic E-state index is -0.905. The summed E-state index contributed by atoms with van der Waals surface area (Å²) in [6, 6.07) is -0.129. The number of nitrogens with zero attached hydrogens (tertiary/aromatic N) is 1. The van der Waals surface area contributed by atoms with E-state index in [4.69, 9.17) is 6.42 Å². The summed E-state index contributed by atoms with van der Waals surface area (Å²) in [5.41, 5.74) is -0.173. The second-order valence-corrected chi connectivity index (χ2v) is 5.93. The van der Waals surface area contributed by atoms with E-state index in [1.54, 1.807) is 0 Å². The Bertz CT molecular complexity index is 375. The largest absolute Gasteiger partial charge is 0.465 e. The van der Waals surface area contributed by atoms with Crippen molar-refractivity contribution in [2.24, 2.45) is 11.3 Å². The molecule has 0 aliphatic carbocycles. The minimum absolute atomic E-state index is 0.0665. The summed E-state index contributed by atoms with van der Waals surface area (Å²) >= 11 is 0. The molecule has 2 atom stereocenters. The van der Waals surface area contributed by atoms with Crippen LogP contribution in [0, 0.1) is 23.7 Å². The first-order valence-corrected chi connectivity index (χ1v) is 6.23. The predicted molar refractivity (Wildman–Crippen MR) is 69.2 cm³/mol. The van der Waals surface area contributed by atoms with Crippen LogP contribution in [-0.2, 0) is 4.79 Å². The topological polar surface area (TPSA) is 57.6 Å². The number of hydrogen-bond donors (Lipinski definition) is 1. The smallest absolute Gasteiger partial charge is 0.407 e. The molecule has 1 rings (SSSR count). The molecule has 1 aliphatic rings. The molecule has 0 saturated carbocycles. The Hall–Kier alpha value is -1.50. The minimum Gasteiger partial charge on any atom is -0.465 e. The zero-order valence-electron chi connectivity index (χ0n) is 11.3. The number of likely N-dealkylation sites (tertiary alicyclic amines) is 1. The molecule has 0 aromatic heterocycles. The highest BCUT2D eigenvalue weighted by Crippen LogP contribution is 2.35. The third kappa shape index (κ3) is 3.25. The average Bonchev–Trinajstić information content (AvgIpc) is 2.27. The van der Waals surface area contributed by atoms with Crippen LogP contribution in [0.15, 0.2) is 0 Å². The summed E-state index contributed by atoms with van der Waals surface area (Å²) in [6.45, 7) is 6.42. The molecule has 4 nitrogen and oxygen atoms in total. The Labute approximate surface area is 108 Å². The van der Waals surface area contributed by atoms with Crippen molar-refractivity contribution in [3.05, 3.63) is 0 Å². The summed E-state index contributed by atoms with van der Waals surface area (Å²) < 4.78 is 0. The first-order valence-electron chi connectivity index (χ1n) is 6.23. The summed E-state index contributed by atoms with van der Waals surface area (Å²) in [6.07, 6.45) is 5.56. The molecule has 0 bridgehead atoms. The van der Waals surface area contributed by atoms with Gasteiger partial charge in [0.25, 0.3) is 0 Å². The van der Waals surface area contributed by atoms with E-state index < -0.39 is 6.09 Å². The van der Waals surface area contributed by atoms with E-state index >= 15 is 0 Å². The molecular formula is C14H21NO3. The Balaban J connectivity index is 2.84. The van der Waals surface area contributed by atoms with Crippen molar-refractivity contribution in [1.82, 2.24) is 4.90 Å². The van der Waals surface area contributed by atoms with Gasteiger partial charge in [0.15, 0.2) is 0 Å². The van der Waals surface area contributed by atoms with Crippen molar-refractivity contribution in [1.29, 1.82) is 0 Å². The number of carboxylic acid groups (broad SMARTS) is 1. The van der Waals surface area contributed by atoms with E-state index in [0.717, 1.165) is 0 Å². The number of terminal acetylenes is 1. The van der Waals surface area contributed by atoms with Crippen LogP contribution in [-0.4, -0.2) is 34.5 Å². The second kappa shape index (κ2) is 5.43. The molecule has 1 saturated heterocycles. The second-order valence-electron chi connectivity index (χ2n) is 5.93. The van der Waals surface area contributed by atoms with E-state index in [-0.39, 0.29) is 29.6 Å². The summed E-state index contributed by atoms with van der Waals surface area (Å²) in [5.74, 6) is 2.34. The van der Waals surface area contributed by atoms with Gasteiger partial charge in [0, 0.05) is 18.5 Å². The van der Waals surface area contributed by atoms with Crippen LogP contribution < -0.4 is 0 Å². The molecule has 0 radical (unpaired) electrons. The van der Waals surface area contributed by atoms with Crippen LogP contribution in [0.3, 0.4) is 0 Å². The van der Waals surface area contributed by atoms with E-state index in [0.29, 0.717) is 19.4 Å². The van der Waals surface area contributed by atoms with Gasteiger partial charge in [-0.2, -0.15) is 0 Å². The monoisotopic (exact) mass is 251 g/mol. The quantitative estimate of drug-likeness (QED) is 0.767. The number of carbonyl (C=O) groups is 2. The summed E-state index contributed by atoms with van der Waals surface area (Å²) in [4.78, 5) is 24.5. The molecule has 1 fully saturated rings. The van der Waals surface area contributed by atoms with E-state index in [2.05, 4.69) is 5.92 Å². The maximum absolute atomic E-state index is 11.8. The lowest BCUT2D eigenvalue weighted by Gasteiger charge is -2.44. The molecule has 1 heterocycles. The molecule has 2 unspecified atom stereocenters. The zero-order chi connectivity index (χ0) is 13.9. The molecule has 0 aromatic rings. The van der Waals surface area contributed by atoms with Crippen LogP contribution in [0.4, 0.5) is 4.79 Å². The van der Waals surface area contributed by atoms with Crippen LogP contribution in [0.1, 0.15) is 40.0 Å². The van der Waals surface area contributed by atoms with Gasteiger partial charge in [0.05, 0.1) is 6.42 Å². The first-order chi connectivity index (χ1) is 8.27. The lowest BCUT2D eigenvalue weighted by Crippen LogP contribution is -2.52. The Morgan fingerprint density at radius 1 is 1.44 bits per heavy atom. The molecule has 1 aliphatic heterocycles. The van der Waals surface area contributed by atoms with Gasteiger partial charge >= 0.3 is 6.09 Å². The molecule has 1 amide bonds. The van der Waals surface area contributed by atoms with Crippen molar-refractivity contribution in [3.63, 3.8) is 0 Å². The van der Waals surface area contributed by atoms with Gasteiger partial charge in [0.2, 0.25) is 0 Å². The number of hydrogen-bond acceptors (Lipinski definition) is 2. The van der Waals surface area contributed by atoms with Gasteiger partial charge in [0.1, 0.15) is 5.78 Å². The van der Waals surface area contributed by atoms with Crippen molar-refractivity contribution >= 4 is 11.9 Å². The number of piperidine rings is 1. The molecule has 0 spiro atoms. The molecule has 18 heavy (non-hydrogen) atoms. The highest BCUT2D eigenvalue weighted by Gasteiger charge is 2.40. The average molecular weight is 251 g/mol. The number of rotatable bonds is 2. The van der Waals surface area contributed by atoms with Gasteiger partial charge in [-0.05, 0) is 18.3 Å². The summed E-state index contributed by atoms with van der Waals surface area (Å²) in [7, 11) is 0. The van der Waals surface area contributed by atoms with Gasteiger partial charge in [-0.15, -0.1) is 6.42 Å². The number of amides is 1. The van der Waals surface area contributed by atoms with Gasteiger partial charge in [-0.1, -0.05) is 26.7 Å². The third-order valence-corrected chi connectivity index (χ3v) is 3.58. The molecular weight excluding hydrogens is 230 g/mol. The zero-order valence-corrected chi connectivity index (χ0v) is 11.3. The molecule has 100 valence electrons. The lowest BCUT2D eigenvalue weighted by atomic mass is 9.75. The normalized spacial score (nSPS) is 24.4. The first kappa shape index (κ1) is 14.6. The van der Waals surface area contributed by atoms with Gasteiger partial charge in [-0.25, -0.2) is 4.79 Å². The van der Waals surface area contributed by atoms with E-state index in [9.17, 15) is 14.7 Å². The predicted octanol–water partition coefficient (Wildman–Crippen LogP) is 2.38. The standard InChI is InChI=1S/C14H21NO3/c1-5-6-11(16)10-7-8-15(13(17)18)12(9-10)14(2,3)4/h1,10,12H,6-9H2,2-4H3,(H,17,18). The fourth-order valence-corrected chi connectivity index (χ4v) is 2.55. The van der Waals surface area contributed by atoms with Crippen LogP contribution in [0.25, 0.3) is 0 Å². The summed E-state index contributed by atoms with van der Waals surface area (Å²) in [5, 5.41) is 9.21. The Kier molecular flexibility index (Phi) is 4.39. The fraction of sp³-hybridized carbons (Fsp3) is 0.714. The van der Waals surface area contributed by atoms with Crippen molar-refractivity contribution in [2.75, 3.05) is 6.54 Å². The maximum atomic E-state index is 11.8. The van der Waals surface area contributed by atoms with Crippen LogP contribution >= 0.6 is 0 Å². The number of Topliss-reactive ketones (excluding diaryl/α,β-unsaturated/α-hetero) is 1. The fourth-order valence-electron chi connectivity index (χ4n) is 2.55. The number of carbonyl (C=O) groups excluding carboxylic acids is 1. The maximum Gasteiger partial charge on any atom is 0.407 e. The Morgan fingerprint density at radius 2 is 2.06 bits per heavy atom. The SMILES string of the molecule is C#CCC(=O)C1CCN(C(=O)O)C(C(C)(C)C)C1. The van der Waals surface area contributed by atoms with Crippen molar-refractivity contribution in [2.45, 2.75) is 46.1 Å². The third-order valence-electron chi connectivity index (χ3n) is 3.58. The number of ketones is 1. The van der Waals surface area contributed by atoms with Gasteiger partial charge in [-0.3, -0.25) is 4.79 Å². The van der Waals surface area contributed by atoms with Crippen LogP contribution in [0.5, 0.6) is 0 Å². The van der Waals surface area contributed by atoms with Gasteiger partial charge < -0.3 is 10.0 Å². The van der Waals surface area contributed by atoms with Crippen molar-refractivity contribution < 1.29 is 14.7 Å². The molecule has 4 heteroatoms. The lowest BCUT2D eigenvalue weighted by molar-refractivity contribution is -0.124. The molecule has 0 aromatic carbocycles. The Morgan fingerprint density at radius 3 is 2.50 bits per heavy atom. The highest BCUT2D eigenvalue weighted by atomic mass is 16.4. The van der Waals surface area contributed by atoms with E-state index in [1.807, 2.05) is 20.8 Å². The highest BCUT2D eigenvalue weighted by molar-refractivity contribution is 5.83.